The van der Waals surface area contributed by atoms with Gasteiger partial charge in [0.1, 0.15) is 11.6 Å². The van der Waals surface area contributed by atoms with Gasteiger partial charge in [0.2, 0.25) is 0 Å². The summed E-state index contributed by atoms with van der Waals surface area (Å²) in [5.74, 6) is -0.126. The SMILES string of the molecule is Oc1c(Br)cc(CNc2ccccc2F)cc1Br. The van der Waals surface area contributed by atoms with Crippen molar-refractivity contribution in [2.75, 3.05) is 5.32 Å². The van der Waals surface area contributed by atoms with Crippen LogP contribution >= 0.6 is 31.9 Å². The Kier molecular flexibility index (Phi) is 4.24. The molecule has 2 N–H and O–H groups in total. The summed E-state index contributed by atoms with van der Waals surface area (Å²) in [6.07, 6.45) is 0. The van der Waals surface area contributed by atoms with Crippen molar-refractivity contribution in [1.82, 2.24) is 0 Å². The van der Waals surface area contributed by atoms with E-state index in [1.165, 1.54) is 6.07 Å². The number of rotatable bonds is 3. The maximum atomic E-state index is 13.4. The molecular weight excluding hydrogens is 365 g/mol. The number of para-hydroxylation sites is 1. The first kappa shape index (κ1) is 13.4. The molecule has 0 aliphatic carbocycles. The standard InChI is InChI=1S/C13H10Br2FNO/c14-9-5-8(6-10(15)13(9)18)7-17-12-4-2-1-3-11(12)16/h1-6,17-18H,7H2. The maximum Gasteiger partial charge on any atom is 0.146 e. The fourth-order valence-corrected chi connectivity index (χ4v) is 2.80. The summed E-state index contributed by atoms with van der Waals surface area (Å²) < 4.78 is 14.6. The fourth-order valence-electron chi connectivity index (χ4n) is 1.52. The van der Waals surface area contributed by atoms with E-state index in [9.17, 15) is 9.50 Å². The summed E-state index contributed by atoms with van der Waals surface area (Å²) in [6.45, 7) is 0.471. The quantitative estimate of drug-likeness (QED) is 0.818. The van der Waals surface area contributed by atoms with Crippen molar-refractivity contribution in [3.8, 4) is 5.75 Å². The van der Waals surface area contributed by atoms with E-state index in [-0.39, 0.29) is 11.6 Å². The number of phenols is 1. The largest absolute Gasteiger partial charge is 0.506 e. The van der Waals surface area contributed by atoms with Crippen LogP contribution in [0.1, 0.15) is 5.56 Å². The Morgan fingerprint density at radius 1 is 1.11 bits per heavy atom. The second-order valence-electron chi connectivity index (χ2n) is 3.74. The zero-order chi connectivity index (χ0) is 13.1. The number of anilines is 1. The minimum atomic E-state index is -0.283. The highest BCUT2D eigenvalue weighted by Crippen LogP contribution is 2.33. The number of halogens is 3. The van der Waals surface area contributed by atoms with Gasteiger partial charge in [-0.2, -0.15) is 0 Å². The van der Waals surface area contributed by atoms with E-state index in [0.29, 0.717) is 21.2 Å². The van der Waals surface area contributed by atoms with E-state index in [4.69, 9.17) is 0 Å². The highest BCUT2D eigenvalue weighted by Gasteiger charge is 2.06. The molecule has 0 aromatic heterocycles. The number of nitrogens with one attached hydrogen (secondary N) is 1. The molecule has 5 heteroatoms. The van der Waals surface area contributed by atoms with E-state index in [2.05, 4.69) is 37.2 Å². The molecule has 0 radical (unpaired) electrons. The van der Waals surface area contributed by atoms with E-state index in [1.54, 1.807) is 30.3 Å². The van der Waals surface area contributed by atoms with Crippen LogP contribution in [0.25, 0.3) is 0 Å². The zero-order valence-electron chi connectivity index (χ0n) is 9.25. The lowest BCUT2D eigenvalue weighted by Crippen LogP contribution is -2.01. The third-order valence-corrected chi connectivity index (χ3v) is 3.64. The normalized spacial score (nSPS) is 10.4. The molecule has 0 atom stereocenters. The topological polar surface area (TPSA) is 32.3 Å². The van der Waals surface area contributed by atoms with Crippen molar-refractivity contribution in [2.24, 2.45) is 0 Å². The van der Waals surface area contributed by atoms with Crippen LogP contribution in [0, 0.1) is 5.82 Å². The molecule has 0 heterocycles. The van der Waals surface area contributed by atoms with Crippen LogP contribution in [-0.4, -0.2) is 5.11 Å². The molecule has 0 aliphatic rings. The summed E-state index contributed by atoms with van der Waals surface area (Å²) >= 11 is 6.51. The molecule has 2 aromatic carbocycles. The summed E-state index contributed by atoms with van der Waals surface area (Å²) in [6, 6.07) is 10.1. The number of aromatic hydroxyl groups is 1. The Labute approximate surface area is 121 Å². The van der Waals surface area contributed by atoms with Crippen LogP contribution in [0.2, 0.25) is 0 Å². The minimum absolute atomic E-state index is 0.157. The molecule has 2 nitrogen and oxygen atoms in total. The van der Waals surface area contributed by atoms with Gasteiger partial charge in [0.05, 0.1) is 14.6 Å². The Hall–Kier alpha value is -1.07. The van der Waals surface area contributed by atoms with Crippen LogP contribution in [0.3, 0.4) is 0 Å². The molecule has 0 unspecified atom stereocenters. The minimum Gasteiger partial charge on any atom is -0.506 e. The van der Waals surface area contributed by atoms with Gasteiger partial charge in [-0.25, -0.2) is 4.39 Å². The molecule has 18 heavy (non-hydrogen) atoms. The zero-order valence-corrected chi connectivity index (χ0v) is 12.4. The van der Waals surface area contributed by atoms with Gasteiger partial charge in [0.25, 0.3) is 0 Å². The summed E-state index contributed by atoms with van der Waals surface area (Å²) in [5.41, 5.74) is 1.38. The van der Waals surface area contributed by atoms with Crippen molar-refractivity contribution in [3.05, 3.63) is 56.7 Å². The van der Waals surface area contributed by atoms with Crippen molar-refractivity contribution in [1.29, 1.82) is 0 Å². The Morgan fingerprint density at radius 3 is 2.33 bits per heavy atom. The van der Waals surface area contributed by atoms with E-state index in [1.807, 2.05) is 0 Å². The molecule has 0 saturated carbocycles. The van der Waals surface area contributed by atoms with E-state index in [0.717, 1.165) is 5.56 Å². The van der Waals surface area contributed by atoms with Crippen molar-refractivity contribution in [2.45, 2.75) is 6.54 Å². The monoisotopic (exact) mass is 373 g/mol. The Morgan fingerprint density at radius 2 is 1.72 bits per heavy atom. The Balaban J connectivity index is 2.14. The second kappa shape index (κ2) is 5.71. The van der Waals surface area contributed by atoms with Gasteiger partial charge in [-0.15, -0.1) is 0 Å². The molecular formula is C13H10Br2FNO. The lowest BCUT2D eigenvalue weighted by Gasteiger charge is -2.09. The first-order valence-electron chi connectivity index (χ1n) is 5.23. The predicted molar refractivity (Wildman–Crippen MR) is 77.2 cm³/mol. The summed E-state index contributed by atoms with van der Waals surface area (Å²) in [4.78, 5) is 0. The number of benzene rings is 2. The second-order valence-corrected chi connectivity index (χ2v) is 5.45. The lowest BCUT2D eigenvalue weighted by molar-refractivity contribution is 0.468. The van der Waals surface area contributed by atoms with Crippen LogP contribution in [-0.2, 0) is 6.54 Å². The van der Waals surface area contributed by atoms with Crippen molar-refractivity contribution >= 4 is 37.5 Å². The molecule has 0 amide bonds. The average Bonchev–Trinajstić information content (AvgIpc) is 2.35. The molecule has 0 fully saturated rings. The Bertz CT molecular complexity index is 552. The highest BCUT2D eigenvalue weighted by molar-refractivity contribution is 9.11. The van der Waals surface area contributed by atoms with Crippen LogP contribution < -0.4 is 5.32 Å². The predicted octanol–water partition coefficient (Wildman–Crippen LogP) is 4.67. The van der Waals surface area contributed by atoms with Crippen LogP contribution in [0.4, 0.5) is 10.1 Å². The highest BCUT2D eigenvalue weighted by atomic mass is 79.9. The number of phenolic OH excluding ortho intramolecular Hbond substituents is 1. The van der Waals surface area contributed by atoms with Crippen LogP contribution in [0.5, 0.6) is 5.75 Å². The van der Waals surface area contributed by atoms with E-state index < -0.39 is 0 Å². The fraction of sp³-hybridized carbons (Fsp3) is 0.0769. The molecule has 0 spiro atoms. The van der Waals surface area contributed by atoms with Crippen molar-refractivity contribution in [3.63, 3.8) is 0 Å². The van der Waals surface area contributed by atoms with Gasteiger partial charge < -0.3 is 10.4 Å². The average molecular weight is 375 g/mol. The van der Waals surface area contributed by atoms with Gasteiger partial charge in [-0.1, -0.05) is 12.1 Å². The number of hydrogen-bond acceptors (Lipinski definition) is 2. The van der Waals surface area contributed by atoms with E-state index >= 15 is 0 Å². The van der Waals surface area contributed by atoms with Gasteiger partial charge in [0.15, 0.2) is 0 Å². The third-order valence-electron chi connectivity index (χ3n) is 2.43. The van der Waals surface area contributed by atoms with Crippen molar-refractivity contribution < 1.29 is 9.50 Å². The molecule has 2 rings (SSSR count). The maximum absolute atomic E-state index is 13.4. The number of hydrogen-bond donors (Lipinski definition) is 2. The van der Waals surface area contributed by atoms with Gasteiger partial charge in [-0.05, 0) is 61.7 Å². The molecule has 0 aliphatic heterocycles. The summed E-state index contributed by atoms with van der Waals surface area (Å²) in [7, 11) is 0. The van der Waals surface area contributed by atoms with Crippen LogP contribution in [0.15, 0.2) is 45.3 Å². The smallest absolute Gasteiger partial charge is 0.146 e. The molecule has 0 saturated heterocycles. The lowest BCUT2D eigenvalue weighted by atomic mass is 10.2. The molecule has 0 bridgehead atoms. The molecule has 94 valence electrons. The first-order chi connectivity index (χ1) is 8.58. The first-order valence-corrected chi connectivity index (χ1v) is 6.82. The molecule has 2 aromatic rings. The summed E-state index contributed by atoms with van der Waals surface area (Å²) in [5, 5.41) is 12.6. The van der Waals surface area contributed by atoms with Gasteiger partial charge in [-0.3, -0.25) is 0 Å². The third kappa shape index (κ3) is 3.03. The van der Waals surface area contributed by atoms with Gasteiger partial charge >= 0.3 is 0 Å². The van der Waals surface area contributed by atoms with Gasteiger partial charge in [0, 0.05) is 6.54 Å².